The van der Waals surface area contributed by atoms with E-state index in [0.29, 0.717) is 5.56 Å². The van der Waals surface area contributed by atoms with Crippen LogP contribution in [0.1, 0.15) is 5.56 Å². The molecule has 0 N–H and O–H groups in total. The zero-order chi connectivity index (χ0) is 10.5. The summed E-state index contributed by atoms with van der Waals surface area (Å²) in [6.45, 7) is 0. The highest BCUT2D eigenvalue weighted by molar-refractivity contribution is 7.99. The van der Waals surface area contributed by atoms with Gasteiger partial charge in [-0.05, 0) is 24.3 Å². The van der Waals surface area contributed by atoms with E-state index in [2.05, 4.69) is 16.0 Å². The van der Waals surface area contributed by atoms with Crippen molar-refractivity contribution in [2.24, 2.45) is 0 Å². The molecule has 0 spiro atoms. The fourth-order valence-electron chi connectivity index (χ4n) is 1.06. The summed E-state index contributed by atoms with van der Waals surface area (Å²) < 4.78 is 0. The molecular weight excluding hydrogens is 206 g/mol. The van der Waals surface area contributed by atoms with Gasteiger partial charge in [-0.25, -0.2) is 4.98 Å². The summed E-state index contributed by atoms with van der Waals surface area (Å²) >= 11 is 1.51. The van der Waals surface area contributed by atoms with Crippen molar-refractivity contribution < 1.29 is 0 Å². The summed E-state index contributed by atoms with van der Waals surface area (Å²) in [5, 5.41) is 9.55. The van der Waals surface area contributed by atoms with Crippen LogP contribution in [0.4, 0.5) is 0 Å². The van der Waals surface area contributed by atoms with Gasteiger partial charge in [0.2, 0.25) is 0 Å². The number of pyridine rings is 2. The van der Waals surface area contributed by atoms with Gasteiger partial charge in [-0.3, -0.25) is 4.98 Å². The molecule has 2 heterocycles. The minimum Gasteiger partial charge on any atom is -0.265 e. The van der Waals surface area contributed by atoms with Crippen LogP contribution in [0, 0.1) is 11.3 Å². The van der Waals surface area contributed by atoms with Gasteiger partial charge in [0.25, 0.3) is 0 Å². The third kappa shape index (κ3) is 2.55. The maximum absolute atomic E-state index is 8.73. The normalized spacial score (nSPS) is 9.53. The Balaban J connectivity index is 2.22. The molecular formula is C11H7N3S. The lowest BCUT2D eigenvalue weighted by atomic mass is 10.3. The molecule has 0 atom stereocenters. The summed E-state index contributed by atoms with van der Waals surface area (Å²) in [6.07, 6.45) is 5.11. The molecule has 0 aromatic carbocycles. The van der Waals surface area contributed by atoms with Gasteiger partial charge in [0.05, 0.1) is 11.6 Å². The lowest BCUT2D eigenvalue weighted by Crippen LogP contribution is -1.81. The Labute approximate surface area is 91.8 Å². The van der Waals surface area contributed by atoms with Gasteiger partial charge in [0.1, 0.15) is 5.03 Å². The predicted molar refractivity (Wildman–Crippen MR) is 57.3 cm³/mol. The topological polar surface area (TPSA) is 49.6 Å². The first-order valence-corrected chi connectivity index (χ1v) is 5.14. The Morgan fingerprint density at radius 2 is 1.93 bits per heavy atom. The Hall–Kier alpha value is -1.86. The van der Waals surface area contributed by atoms with E-state index in [1.165, 1.54) is 11.8 Å². The van der Waals surface area contributed by atoms with Crippen molar-refractivity contribution in [1.29, 1.82) is 5.26 Å². The summed E-state index contributed by atoms with van der Waals surface area (Å²) in [4.78, 5) is 9.17. The van der Waals surface area contributed by atoms with E-state index in [0.717, 1.165) is 9.92 Å². The van der Waals surface area contributed by atoms with Crippen molar-refractivity contribution in [1.82, 2.24) is 9.97 Å². The molecule has 0 saturated carbocycles. The lowest BCUT2D eigenvalue weighted by molar-refractivity contribution is 1.12. The Morgan fingerprint density at radius 1 is 1.13 bits per heavy atom. The van der Waals surface area contributed by atoms with Gasteiger partial charge in [0, 0.05) is 23.5 Å². The number of nitriles is 1. The second kappa shape index (κ2) is 4.58. The van der Waals surface area contributed by atoms with Gasteiger partial charge >= 0.3 is 0 Å². The van der Waals surface area contributed by atoms with Crippen molar-refractivity contribution >= 4 is 11.8 Å². The molecule has 0 unspecified atom stereocenters. The van der Waals surface area contributed by atoms with E-state index in [9.17, 15) is 0 Å². The SMILES string of the molecule is N#Cc1ccnc(Sc2ccncc2)c1. The molecule has 15 heavy (non-hydrogen) atoms. The van der Waals surface area contributed by atoms with Crippen LogP contribution in [0.15, 0.2) is 52.8 Å². The fourth-order valence-corrected chi connectivity index (χ4v) is 1.86. The zero-order valence-corrected chi connectivity index (χ0v) is 8.61. The van der Waals surface area contributed by atoms with Crippen molar-refractivity contribution in [2.75, 3.05) is 0 Å². The van der Waals surface area contributed by atoms with Gasteiger partial charge in [-0.2, -0.15) is 5.26 Å². The maximum Gasteiger partial charge on any atom is 0.102 e. The van der Waals surface area contributed by atoms with Crippen molar-refractivity contribution in [3.8, 4) is 6.07 Å². The summed E-state index contributed by atoms with van der Waals surface area (Å²) in [5.74, 6) is 0. The smallest absolute Gasteiger partial charge is 0.102 e. The number of aromatic nitrogens is 2. The highest BCUT2D eigenvalue weighted by Crippen LogP contribution is 2.25. The highest BCUT2D eigenvalue weighted by Gasteiger charge is 1.99. The van der Waals surface area contributed by atoms with E-state index in [1.807, 2.05) is 12.1 Å². The number of hydrogen-bond acceptors (Lipinski definition) is 4. The molecule has 0 aliphatic heterocycles. The minimum absolute atomic E-state index is 0.626. The maximum atomic E-state index is 8.73. The summed E-state index contributed by atoms with van der Waals surface area (Å²) in [6, 6.07) is 9.36. The fraction of sp³-hybridized carbons (Fsp3) is 0. The van der Waals surface area contributed by atoms with Crippen molar-refractivity contribution in [2.45, 2.75) is 9.92 Å². The Morgan fingerprint density at radius 3 is 2.67 bits per heavy atom. The van der Waals surface area contributed by atoms with Crippen LogP contribution in [-0.2, 0) is 0 Å². The summed E-state index contributed by atoms with van der Waals surface area (Å²) in [7, 11) is 0. The standard InChI is InChI=1S/C11H7N3S/c12-8-9-1-6-14-11(7-9)15-10-2-4-13-5-3-10/h1-7H. The van der Waals surface area contributed by atoms with E-state index < -0.39 is 0 Å². The van der Waals surface area contributed by atoms with Gasteiger partial charge < -0.3 is 0 Å². The van der Waals surface area contributed by atoms with Crippen molar-refractivity contribution in [3.63, 3.8) is 0 Å². The van der Waals surface area contributed by atoms with E-state index in [4.69, 9.17) is 5.26 Å². The first-order chi connectivity index (χ1) is 7.38. The summed E-state index contributed by atoms with van der Waals surface area (Å²) in [5.41, 5.74) is 0.626. The molecule has 0 saturated heterocycles. The molecule has 0 aliphatic rings. The van der Waals surface area contributed by atoms with Crippen LogP contribution < -0.4 is 0 Å². The Bertz CT molecular complexity index is 491. The third-order valence-corrected chi connectivity index (χ3v) is 2.68. The predicted octanol–water partition coefficient (Wildman–Crippen LogP) is 2.50. The van der Waals surface area contributed by atoms with Crippen LogP contribution in [0.25, 0.3) is 0 Å². The second-order valence-electron chi connectivity index (χ2n) is 2.78. The molecule has 0 bridgehead atoms. The average molecular weight is 213 g/mol. The van der Waals surface area contributed by atoms with Crippen LogP contribution in [0.5, 0.6) is 0 Å². The van der Waals surface area contributed by atoms with Gasteiger partial charge in [-0.1, -0.05) is 11.8 Å². The molecule has 2 aromatic heterocycles. The average Bonchev–Trinajstić information content (AvgIpc) is 2.31. The Kier molecular flexibility index (Phi) is 2.96. The quantitative estimate of drug-likeness (QED) is 0.769. The van der Waals surface area contributed by atoms with Crippen LogP contribution in [0.3, 0.4) is 0 Å². The highest BCUT2D eigenvalue weighted by atomic mass is 32.2. The van der Waals surface area contributed by atoms with Crippen molar-refractivity contribution in [3.05, 3.63) is 48.4 Å². The third-order valence-electron chi connectivity index (χ3n) is 1.74. The van der Waals surface area contributed by atoms with Crippen LogP contribution in [0.2, 0.25) is 0 Å². The number of rotatable bonds is 2. The monoisotopic (exact) mass is 213 g/mol. The molecule has 0 aliphatic carbocycles. The lowest BCUT2D eigenvalue weighted by Gasteiger charge is -1.99. The first kappa shape index (κ1) is 9.69. The van der Waals surface area contributed by atoms with E-state index in [1.54, 1.807) is 30.7 Å². The molecule has 3 nitrogen and oxygen atoms in total. The molecule has 2 rings (SSSR count). The molecule has 72 valence electrons. The number of hydrogen-bond donors (Lipinski definition) is 0. The van der Waals surface area contributed by atoms with Gasteiger partial charge in [-0.15, -0.1) is 0 Å². The molecule has 0 amide bonds. The largest absolute Gasteiger partial charge is 0.265 e. The number of nitrogens with zero attached hydrogens (tertiary/aromatic N) is 3. The second-order valence-corrected chi connectivity index (χ2v) is 3.87. The molecule has 0 fully saturated rings. The van der Waals surface area contributed by atoms with E-state index >= 15 is 0 Å². The molecule has 4 heteroatoms. The van der Waals surface area contributed by atoms with Crippen LogP contribution >= 0.6 is 11.8 Å². The minimum atomic E-state index is 0.626. The zero-order valence-electron chi connectivity index (χ0n) is 7.79. The van der Waals surface area contributed by atoms with E-state index in [-0.39, 0.29) is 0 Å². The molecule has 2 aromatic rings. The van der Waals surface area contributed by atoms with Gasteiger partial charge in [0.15, 0.2) is 0 Å². The molecule has 0 radical (unpaired) electrons. The first-order valence-electron chi connectivity index (χ1n) is 4.32. The van der Waals surface area contributed by atoms with Crippen LogP contribution in [-0.4, -0.2) is 9.97 Å².